The molecule has 0 radical (unpaired) electrons. The number of benzene rings is 2. The molecular weight excluding hydrogens is 264 g/mol. The molecule has 0 aliphatic rings. The number of rotatable bonds is 4. The number of fused-ring (bicyclic) bond motifs is 1. The molecule has 2 N–H and O–H groups in total. The van der Waals surface area contributed by atoms with Crippen LogP contribution in [0.5, 0.6) is 0 Å². The molecule has 108 valence electrons. The smallest absolute Gasteiger partial charge is 0.408 e. The summed E-state index contributed by atoms with van der Waals surface area (Å²) in [7, 11) is 0. The molecule has 2 aromatic carbocycles. The molecule has 3 rings (SSSR count). The van der Waals surface area contributed by atoms with Crippen molar-refractivity contribution in [3.63, 3.8) is 0 Å². The molecule has 21 heavy (non-hydrogen) atoms. The van der Waals surface area contributed by atoms with Gasteiger partial charge in [0.25, 0.3) is 0 Å². The molecular formula is C17H18N2O2. The van der Waals surface area contributed by atoms with Gasteiger partial charge < -0.3 is 9.73 Å². The summed E-state index contributed by atoms with van der Waals surface area (Å²) >= 11 is 0. The van der Waals surface area contributed by atoms with Crippen LogP contribution in [-0.2, 0) is 0 Å². The van der Waals surface area contributed by atoms with Crippen LogP contribution in [-0.4, -0.2) is 4.98 Å². The van der Waals surface area contributed by atoms with Gasteiger partial charge in [0.15, 0.2) is 5.58 Å². The van der Waals surface area contributed by atoms with Crippen LogP contribution in [0.4, 0.5) is 5.69 Å². The zero-order valence-corrected chi connectivity index (χ0v) is 12.1. The summed E-state index contributed by atoms with van der Waals surface area (Å²) in [6.07, 6.45) is 0.975. The molecule has 1 unspecified atom stereocenters. The fourth-order valence-corrected chi connectivity index (χ4v) is 2.46. The molecule has 1 atom stereocenters. The minimum atomic E-state index is -0.423. The number of aryl methyl sites for hydroxylation is 1. The standard InChI is InChI=1S/C17H18N2O2/c1-3-14(12-6-4-11(2)5-7-12)18-13-8-9-16-15(10-13)19-17(20)21-16/h4-10,14,18H,3H2,1-2H3,(H,19,20). The van der Waals surface area contributed by atoms with Crippen molar-refractivity contribution in [2.75, 3.05) is 5.32 Å². The second-order valence-electron chi connectivity index (χ2n) is 5.24. The van der Waals surface area contributed by atoms with Gasteiger partial charge in [-0.3, -0.25) is 4.98 Å². The molecule has 4 nitrogen and oxygen atoms in total. The van der Waals surface area contributed by atoms with Crippen LogP contribution in [0.25, 0.3) is 11.1 Å². The van der Waals surface area contributed by atoms with Crippen molar-refractivity contribution in [3.8, 4) is 0 Å². The minimum Gasteiger partial charge on any atom is -0.408 e. The Morgan fingerprint density at radius 2 is 1.95 bits per heavy atom. The lowest BCUT2D eigenvalue weighted by atomic mass is 10.0. The molecule has 1 heterocycles. The van der Waals surface area contributed by atoms with E-state index in [2.05, 4.69) is 48.4 Å². The SMILES string of the molecule is CCC(Nc1ccc2oc(=O)[nH]c2c1)c1ccc(C)cc1. The number of H-pyrrole nitrogens is 1. The first-order chi connectivity index (χ1) is 10.2. The van der Waals surface area contributed by atoms with Crippen LogP contribution >= 0.6 is 0 Å². The quantitative estimate of drug-likeness (QED) is 0.760. The number of nitrogens with one attached hydrogen (secondary N) is 2. The van der Waals surface area contributed by atoms with Gasteiger partial charge in [-0.2, -0.15) is 0 Å². The predicted octanol–water partition coefficient (Wildman–Crippen LogP) is 3.99. The molecule has 0 saturated carbocycles. The molecule has 4 heteroatoms. The van der Waals surface area contributed by atoms with Gasteiger partial charge in [0.05, 0.1) is 11.6 Å². The molecule has 0 aliphatic heterocycles. The topological polar surface area (TPSA) is 58.0 Å². The van der Waals surface area contributed by atoms with Crippen molar-refractivity contribution in [1.82, 2.24) is 4.98 Å². The zero-order chi connectivity index (χ0) is 14.8. The molecule has 0 fully saturated rings. The highest BCUT2D eigenvalue weighted by atomic mass is 16.4. The summed E-state index contributed by atoms with van der Waals surface area (Å²) in [6.45, 7) is 4.23. The number of anilines is 1. The third kappa shape index (κ3) is 2.84. The van der Waals surface area contributed by atoms with E-state index in [1.165, 1.54) is 11.1 Å². The number of aromatic nitrogens is 1. The van der Waals surface area contributed by atoms with Crippen LogP contribution in [0, 0.1) is 6.92 Å². The van der Waals surface area contributed by atoms with E-state index < -0.39 is 5.76 Å². The van der Waals surface area contributed by atoms with E-state index in [1.807, 2.05) is 12.1 Å². The summed E-state index contributed by atoms with van der Waals surface area (Å²) in [4.78, 5) is 13.9. The van der Waals surface area contributed by atoms with Gasteiger partial charge in [0, 0.05) is 5.69 Å². The van der Waals surface area contributed by atoms with E-state index in [4.69, 9.17) is 4.42 Å². The average molecular weight is 282 g/mol. The van der Waals surface area contributed by atoms with Crippen molar-refractivity contribution < 1.29 is 4.42 Å². The van der Waals surface area contributed by atoms with Crippen molar-refractivity contribution >= 4 is 16.8 Å². The molecule has 3 aromatic rings. The van der Waals surface area contributed by atoms with Crippen LogP contribution < -0.4 is 11.1 Å². The van der Waals surface area contributed by atoms with Gasteiger partial charge in [0.1, 0.15) is 0 Å². The van der Waals surface area contributed by atoms with Crippen LogP contribution in [0.3, 0.4) is 0 Å². The fourth-order valence-electron chi connectivity index (χ4n) is 2.46. The summed E-state index contributed by atoms with van der Waals surface area (Å²) in [5.41, 5.74) is 4.76. The Hall–Kier alpha value is -2.49. The highest BCUT2D eigenvalue weighted by Gasteiger charge is 2.10. The maximum Gasteiger partial charge on any atom is 0.417 e. The lowest BCUT2D eigenvalue weighted by Gasteiger charge is -2.19. The number of oxazole rings is 1. The van der Waals surface area contributed by atoms with Gasteiger partial charge in [-0.1, -0.05) is 36.8 Å². The summed E-state index contributed by atoms with van der Waals surface area (Å²) in [6, 6.07) is 14.4. The monoisotopic (exact) mass is 282 g/mol. The Bertz CT molecular complexity index is 800. The molecule has 0 aliphatic carbocycles. The first-order valence-corrected chi connectivity index (χ1v) is 7.11. The van der Waals surface area contributed by atoms with E-state index in [9.17, 15) is 4.79 Å². The third-order valence-electron chi connectivity index (χ3n) is 3.65. The average Bonchev–Trinajstić information content (AvgIpc) is 2.85. The van der Waals surface area contributed by atoms with E-state index >= 15 is 0 Å². The lowest BCUT2D eigenvalue weighted by molar-refractivity contribution is 0.555. The summed E-state index contributed by atoms with van der Waals surface area (Å²) in [5, 5.41) is 3.50. The van der Waals surface area contributed by atoms with E-state index in [-0.39, 0.29) is 6.04 Å². The Labute approximate surface area is 122 Å². The van der Waals surface area contributed by atoms with Crippen LogP contribution in [0.15, 0.2) is 51.7 Å². The van der Waals surface area contributed by atoms with Crippen molar-refractivity contribution in [3.05, 3.63) is 64.1 Å². The van der Waals surface area contributed by atoms with Gasteiger partial charge in [-0.05, 0) is 37.1 Å². The van der Waals surface area contributed by atoms with Crippen LogP contribution in [0.2, 0.25) is 0 Å². The molecule has 0 spiro atoms. The Morgan fingerprint density at radius 3 is 2.67 bits per heavy atom. The minimum absolute atomic E-state index is 0.238. The first-order valence-electron chi connectivity index (χ1n) is 7.11. The molecule has 0 saturated heterocycles. The third-order valence-corrected chi connectivity index (χ3v) is 3.65. The molecule has 1 aromatic heterocycles. The number of aromatic amines is 1. The maximum absolute atomic E-state index is 11.2. The van der Waals surface area contributed by atoms with Crippen LogP contribution in [0.1, 0.15) is 30.5 Å². The van der Waals surface area contributed by atoms with E-state index in [0.717, 1.165) is 12.1 Å². The fraction of sp³-hybridized carbons (Fsp3) is 0.235. The van der Waals surface area contributed by atoms with Gasteiger partial charge in [-0.25, -0.2) is 4.79 Å². The summed E-state index contributed by atoms with van der Waals surface area (Å²) in [5.74, 6) is -0.423. The number of hydrogen-bond donors (Lipinski definition) is 2. The Kier molecular flexibility index (Phi) is 3.52. The van der Waals surface area contributed by atoms with Crippen molar-refractivity contribution in [1.29, 1.82) is 0 Å². The largest absolute Gasteiger partial charge is 0.417 e. The van der Waals surface area contributed by atoms with E-state index in [1.54, 1.807) is 6.07 Å². The van der Waals surface area contributed by atoms with E-state index in [0.29, 0.717) is 11.1 Å². The highest BCUT2D eigenvalue weighted by Crippen LogP contribution is 2.24. The second-order valence-corrected chi connectivity index (χ2v) is 5.24. The first kappa shape index (κ1) is 13.5. The predicted molar refractivity (Wildman–Crippen MR) is 84.7 cm³/mol. The summed E-state index contributed by atoms with van der Waals surface area (Å²) < 4.78 is 5.01. The lowest BCUT2D eigenvalue weighted by Crippen LogP contribution is -2.09. The van der Waals surface area contributed by atoms with Gasteiger partial charge >= 0.3 is 5.76 Å². The Morgan fingerprint density at radius 1 is 1.19 bits per heavy atom. The Balaban J connectivity index is 1.87. The maximum atomic E-state index is 11.2. The number of hydrogen-bond acceptors (Lipinski definition) is 3. The normalized spacial score (nSPS) is 12.5. The van der Waals surface area contributed by atoms with Crippen molar-refractivity contribution in [2.45, 2.75) is 26.3 Å². The van der Waals surface area contributed by atoms with Gasteiger partial charge in [-0.15, -0.1) is 0 Å². The zero-order valence-electron chi connectivity index (χ0n) is 12.1. The van der Waals surface area contributed by atoms with Gasteiger partial charge in [0.2, 0.25) is 0 Å². The second kappa shape index (κ2) is 5.48. The highest BCUT2D eigenvalue weighted by molar-refractivity contribution is 5.76. The van der Waals surface area contributed by atoms with Crippen molar-refractivity contribution in [2.24, 2.45) is 0 Å². The molecule has 0 bridgehead atoms. The molecule has 0 amide bonds.